The zero-order chi connectivity index (χ0) is 31.1. The molecule has 0 saturated heterocycles. The number of ether oxygens (including phenoxy) is 1. The van der Waals surface area contributed by atoms with Crippen molar-refractivity contribution in [3.05, 3.63) is 69.8 Å². The van der Waals surface area contributed by atoms with Crippen LogP contribution in [0.2, 0.25) is 0 Å². The van der Waals surface area contributed by atoms with E-state index in [2.05, 4.69) is 4.74 Å². The Bertz CT molecular complexity index is 1460. The van der Waals surface area contributed by atoms with E-state index in [1.54, 1.807) is 6.07 Å². The Morgan fingerprint density at radius 3 is 1.71 bits per heavy atom. The quantitative estimate of drug-likeness (QED) is 0.227. The highest BCUT2D eigenvalue weighted by atomic mass is 32.2. The molecule has 0 fully saturated rings. The summed E-state index contributed by atoms with van der Waals surface area (Å²) in [5.74, 6) is -7.67. The third-order valence-electron chi connectivity index (χ3n) is 8.10. The normalized spacial score (nSPS) is 21.3. The fourth-order valence-corrected chi connectivity index (χ4v) is 6.77. The van der Waals surface area contributed by atoms with E-state index in [0.717, 1.165) is 22.3 Å². The van der Waals surface area contributed by atoms with Gasteiger partial charge in [-0.25, -0.2) is 0 Å². The lowest BCUT2D eigenvalue weighted by molar-refractivity contribution is -0.362. The van der Waals surface area contributed by atoms with E-state index >= 15 is 0 Å². The maximum absolute atomic E-state index is 14.0. The minimum atomic E-state index is -6.39. The van der Waals surface area contributed by atoms with Crippen LogP contribution >= 0.6 is 0 Å². The van der Waals surface area contributed by atoms with E-state index in [0.29, 0.717) is 11.1 Å². The van der Waals surface area contributed by atoms with Crippen LogP contribution in [0.15, 0.2) is 36.4 Å². The first-order valence-corrected chi connectivity index (χ1v) is 14.6. The molecule has 3 aliphatic rings. The highest BCUT2D eigenvalue weighted by molar-refractivity contribution is 7.85. The van der Waals surface area contributed by atoms with Gasteiger partial charge in [-0.1, -0.05) is 77.9 Å². The minimum absolute atomic E-state index is 0.135. The third kappa shape index (κ3) is 5.49. The van der Waals surface area contributed by atoms with Gasteiger partial charge in [0.05, 0.1) is 5.92 Å². The van der Waals surface area contributed by atoms with Crippen LogP contribution in [0, 0.1) is 5.92 Å². The molecule has 2 bridgehead atoms. The monoisotopic (exact) mass is 606 g/mol. The summed E-state index contributed by atoms with van der Waals surface area (Å²) in [6.07, 6.45) is -12.9. The van der Waals surface area contributed by atoms with Gasteiger partial charge in [0.25, 0.3) is 10.1 Å². The molecule has 1 N–H and O–H groups in total. The second-order valence-corrected chi connectivity index (χ2v) is 14.5. The topological polar surface area (TPSA) is 80.7 Å². The van der Waals surface area contributed by atoms with Crippen molar-refractivity contribution in [2.45, 2.75) is 88.6 Å². The van der Waals surface area contributed by atoms with Crippen LogP contribution in [0.5, 0.6) is 0 Å². The van der Waals surface area contributed by atoms with Crippen LogP contribution in [-0.2, 0) is 30.5 Å². The lowest BCUT2D eigenvalue weighted by Gasteiger charge is -2.46. The van der Waals surface area contributed by atoms with Crippen LogP contribution in [0.1, 0.15) is 93.2 Å². The summed E-state index contributed by atoms with van der Waals surface area (Å²) < 4.78 is 120. The highest BCUT2D eigenvalue weighted by Crippen LogP contribution is 2.58. The summed E-state index contributed by atoms with van der Waals surface area (Å²) in [7, 11) is -5.89. The first-order valence-electron chi connectivity index (χ1n) is 13.0. The van der Waals surface area contributed by atoms with Crippen molar-refractivity contribution in [1.82, 2.24) is 0 Å². The Balaban J connectivity index is 1.89. The lowest BCUT2D eigenvalue weighted by atomic mass is 9.58. The van der Waals surface area contributed by atoms with Gasteiger partial charge in [-0.3, -0.25) is 9.35 Å². The van der Waals surface area contributed by atoms with E-state index in [9.17, 15) is 39.6 Å². The van der Waals surface area contributed by atoms with Gasteiger partial charge in [0, 0.05) is 11.8 Å². The molecule has 5 nitrogen and oxygen atoms in total. The maximum Gasteiger partial charge on any atom is 0.438 e. The van der Waals surface area contributed by atoms with Crippen molar-refractivity contribution in [2.24, 2.45) is 5.92 Å². The number of esters is 1. The number of carbonyl (C=O) groups excluding carboxylic acids is 1. The van der Waals surface area contributed by atoms with Crippen molar-refractivity contribution >= 4 is 16.1 Å². The van der Waals surface area contributed by atoms with Crippen LogP contribution in [0.25, 0.3) is 0 Å². The Hall–Kier alpha value is -2.60. The van der Waals surface area contributed by atoms with Crippen LogP contribution < -0.4 is 0 Å². The van der Waals surface area contributed by atoms with Crippen LogP contribution in [-0.4, -0.2) is 42.6 Å². The summed E-state index contributed by atoms with van der Waals surface area (Å²) in [4.78, 5) is 13.4. The molecular formula is C29H32F6O5S. The fourth-order valence-electron chi connectivity index (χ4n) is 5.87. The molecule has 5 rings (SSSR count). The van der Waals surface area contributed by atoms with E-state index in [1.807, 2.05) is 71.9 Å². The molecule has 0 heterocycles. The predicted molar refractivity (Wildman–Crippen MR) is 139 cm³/mol. The van der Waals surface area contributed by atoms with Crippen molar-refractivity contribution in [3.63, 3.8) is 0 Å². The molecule has 2 aromatic carbocycles. The number of carbonyl (C=O) groups is 1. The molecule has 0 spiro atoms. The number of hydrogen-bond donors (Lipinski definition) is 1. The number of alkyl halides is 6. The summed E-state index contributed by atoms with van der Waals surface area (Å²) in [6, 6.07) is 11.2. The van der Waals surface area contributed by atoms with Crippen LogP contribution in [0.4, 0.5) is 26.3 Å². The maximum atomic E-state index is 14.0. The smallest absolute Gasteiger partial charge is 0.438 e. The van der Waals surface area contributed by atoms with Gasteiger partial charge in [0.15, 0.2) is 0 Å². The molecule has 3 atom stereocenters. The first kappa shape index (κ1) is 31.3. The van der Waals surface area contributed by atoms with Gasteiger partial charge in [-0.2, -0.15) is 34.8 Å². The minimum Gasteiger partial charge on any atom is -0.438 e. The van der Waals surface area contributed by atoms with Gasteiger partial charge in [0.1, 0.15) is 5.75 Å². The summed E-state index contributed by atoms with van der Waals surface area (Å²) in [5, 5.41) is 0. The Kier molecular flexibility index (Phi) is 7.23. The molecule has 0 amide bonds. The van der Waals surface area contributed by atoms with Crippen molar-refractivity contribution in [2.75, 3.05) is 5.75 Å². The fraction of sp³-hybridized carbons (Fsp3) is 0.552. The molecular weight excluding hydrogens is 574 g/mol. The lowest BCUT2D eigenvalue weighted by Crippen LogP contribution is -2.64. The highest BCUT2D eigenvalue weighted by Gasteiger charge is 2.76. The van der Waals surface area contributed by atoms with Gasteiger partial charge >= 0.3 is 23.9 Å². The van der Waals surface area contributed by atoms with Crippen molar-refractivity contribution < 1.29 is 48.8 Å². The van der Waals surface area contributed by atoms with Gasteiger partial charge in [0.2, 0.25) is 0 Å². The number of fused-ring (bicyclic) bond motifs is 1. The molecule has 3 unspecified atom stereocenters. The molecule has 3 aliphatic carbocycles. The molecule has 0 aliphatic heterocycles. The number of hydrogen-bond acceptors (Lipinski definition) is 4. The van der Waals surface area contributed by atoms with Crippen molar-refractivity contribution in [1.29, 1.82) is 0 Å². The number of rotatable bonds is 4. The van der Waals surface area contributed by atoms with Gasteiger partial charge < -0.3 is 4.74 Å². The van der Waals surface area contributed by atoms with E-state index in [-0.39, 0.29) is 17.3 Å². The second-order valence-electron chi connectivity index (χ2n) is 13.0. The van der Waals surface area contributed by atoms with Crippen molar-refractivity contribution in [3.8, 4) is 0 Å². The SMILES string of the molecule is CC(C)(C)c1ccc2c(c1)C1CC(C(=O)OC(CS(=O)(=O)O)(C(F)(F)F)C(F)(F)F)C2c2cc(C(C)(C)C)ccc21. The Morgan fingerprint density at radius 2 is 1.27 bits per heavy atom. The summed E-state index contributed by atoms with van der Waals surface area (Å²) in [6.45, 7) is 11.8. The average molecular weight is 607 g/mol. The largest absolute Gasteiger partial charge is 0.438 e. The van der Waals surface area contributed by atoms with E-state index < -0.39 is 57.5 Å². The molecule has 12 heteroatoms. The van der Waals surface area contributed by atoms with E-state index in [4.69, 9.17) is 4.55 Å². The molecule has 0 saturated carbocycles. The molecule has 0 aromatic heterocycles. The molecule has 2 aromatic rings. The third-order valence-corrected chi connectivity index (χ3v) is 8.87. The molecule has 226 valence electrons. The number of benzene rings is 2. The second kappa shape index (κ2) is 9.45. The van der Waals surface area contributed by atoms with Gasteiger partial charge in [-0.15, -0.1) is 0 Å². The molecule has 0 radical (unpaired) electrons. The average Bonchev–Trinajstić information content (AvgIpc) is 2.79. The molecule has 41 heavy (non-hydrogen) atoms. The van der Waals surface area contributed by atoms with Crippen LogP contribution in [0.3, 0.4) is 0 Å². The predicted octanol–water partition coefficient (Wildman–Crippen LogP) is 7.17. The Morgan fingerprint density at radius 1 is 0.805 bits per heavy atom. The standard InChI is InChI=1S/C29H32F6O5S/c1-25(2,3)15-8-10-18-19(11-15)20-13-22(23(18)21-12-16(26(4,5)6)7-9-17(20)21)24(36)40-27(28(30,31)32,29(33,34)35)14-41(37,38)39/h7-12,20,22-23H,13-14H2,1-6H3,(H,37,38,39). The zero-order valence-corrected chi connectivity index (χ0v) is 24.2. The van der Waals surface area contributed by atoms with E-state index in [1.165, 1.54) is 0 Å². The Labute approximate surface area is 235 Å². The zero-order valence-electron chi connectivity index (χ0n) is 23.4. The first-order chi connectivity index (χ1) is 18.4. The van der Waals surface area contributed by atoms with Gasteiger partial charge in [-0.05, 0) is 50.6 Å². The number of halogens is 6. The summed E-state index contributed by atoms with van der Waals surface area (Å²) >= 11 is 0. The summed E-state index contributed by atoms with van der Waals surface area (Å²) in [5.41, 5.74) is -1.38.